The van der Waals surface area contributed by atoms with Crippen LogP contribution in [0.2, 0.25) is 5.02 Å². The predicted molar refractivity (Wildman–Crippen MR) is 73.7 cm³/mol. The van der Waals surface area contributed by atoms with E-state index in [1.165, 1.54) is 15.6 Å². The second kappa shape index (κ2) is 5.17. The van der Waals surface area contributed by atoms with Crippen LogP contribution in [-0.2, 0) is 6.42 Å². The molecule has 0 unspecified atom stereocenters. The molecule has 1 aromatic heterocycles. The molecule has 0 atom stereocenters. The maximum absolute atomic E-state index is 6.15. The van der Waals surface area contributed by atoms with Gasteiger partial charge in [-0.3, -0.25) is 0 Å². The molecule has 1 N–H and O–H groups in total. The minimum Gasteiger partial charge on any atom is -0.314 e. The third kappa shape index (κ3) is 2.57. The first-order valence-electron chi connectivity index (χ1n) is 5.56. The van der Waals surface area contributed by atoms with Crippen molar-refractivity contribution < 1.29 is 0 Å². The zero-order valence-electron chi connectivity index (χ0n) is 9.59. The molecular formula is C13H16ClNS. The standard InChI is InChI=1S/C13H16ClNS/c1-9(2)15-7-6-10-8-16-13-11(10)4-3-5-12(13)14/h3-5,8-9,15H,6-7H2,1-2H3. The smallest absolute Gasteiger partial charge is 0.0584 e. The average Bonchev–Trinajstić information content (AvgIpc) is 2.63. The van der Waals surface area contributed by atoms with Gasteiger partial charge in [0.1, 0.15) is 0 Å². The van der Waals surface area contributed by atoms with Crippen molar-refractivity contribution in [1.29, 1.82) is 0 Å². The summed E-state index contributed by atoms with van der Waals surface area (Å²) in [6.45, 7) is 5.36. The molecule has 2 rings (SSSR count). The topological polar surface area (TPSA) is 12.0 Å². The van der Waals surface area contributed by atoms with Crippen molar-refractivity contribution in [2.24, 2.45) is 0 Å². The molecule has 0 aliphatic heterocycles. The second-order valence-corrected chi connectivity index (χ2v) is 5.52. The third-order valence-electron chi connectivity index (χ3n) is 2.58. The summed E-state index contributed by atoms with van der Waals surface area (Å²) in [6, 6.07) is 6.68. The van der Waals surface area contributed by atoms with E-state index in [2.05, 4.69) is 30.6 Å². The Labute approximate surface area is 105 Å². The van der Waals surface area contributed by atoms with Crippen LogP contribution in [0.1, 0.15) is 19.4 Å². The van der Waals surface area contributed by atoms with Gasteiger partial charge in [-0.05, 0) is 35.4 Å². The molecule has 0 saturated heterocycles. The fourth-order valence-electron chi connectivity index (χ4n) is 1.76. The Morgan fingerprint density at radius 3 is 2.94 bits per heavy atom. The Balaban J connectivity index is 2.16. The van der Waals surface area contributed by atoms with Gasteiger partial charge in [0, 0.05) is 6.04 Å². The predicted octanol–water partition coefficient (Wildman–Crippen LogP) is 4.10. The zero-order chi connectivity index (χ0) is 11.5. The van der Waals surface area contributed by atoms with Crippen molar-refractivity contribution in [2.75, 3.05) is 6.54 Å². The summed E-state index contributed by atoms with van der Waals surface area (Å²) < 4.78 is 1.21. The van der Waals surface area contributed by atoms with Crippen molar-refractivity contribution in [3.63, 3.8) is 0 Å². The normalized spacial score (nSPS) is 11.5. The molecule has 0 aliphatic rings. The summed E-state index contributed by atoms with van der Waals surface area (Å²) in [5.41, 5.74) is 1.40. The number of hydrogen-bond donors (Lipinski definition) is 1. The van der Waals surface area contributed by atoms with Crippen LogP contribution in [0.3, 0.4) is 0 Å². The van der Waals surface area contributed by atoms with E-state index in [4.69, 9.17) is 11.6 Å². The Bertz CT molecular complexity index is 476. The van der Waals surface area contributed by atoms with E-state index >= 15 is 0 Å². The first kappa shape index (κ1) is 11.9. The summed E-state index contributed by atoms with van der Waals surface area (Å²) in [6.07, 6.45) is 1.07. The van der Waals surface area contributed by atoms with Crippen LogP contribution in [-0.4, -0.2) is 12.6 Å². The van der Waals surface area contributed by atoms with Gasteiger partial charge < -0.3 is 5.32 Å². The summed E-state index contributed by atoms with van der Waals surface area (Å²) in [5.74, 6) is 0. The molecule has 86 valence electrons. The quantitative estimate of drug-likeness (QED) is 0.865. The van der Waals surface area contributed by atoms with E-state index in [1.807, 2.05) is 12.1 Å². The number of benzene rings is 1. The number of thiophene rings is 1. The van der Waals surface area contributed by atoms with Crippen molar-refractivity contribution >= 4 is 33.0 Å². The van der Waals surface area contributed by atoms with E-state index in [0.717, 1.165) is 18.0 Å². The fourth-order valence-corrected chi connectivity index (χ4v) is 3.08. The minimum absolute atomic E-state index is 0.550. The number of nitrogens with one attached hydrogen (secondary N) is 1. The van der Waals surface area contributed by atoms with E-state index in [1.54, 1.807) is 11.3 Å². The molecule has 2 aromatic rings. The van der Waals surface area contributed by atoms with E-state index in [-0.39, 0.29) is 0 Å². The molecule has 1 heterocycles. The van der Waals surface area contributed by atoms with Crippen LogP contribution >= 0.6 is 22.9 Å². The average molecular weight is 254 g/mol. The van der Waals surface area contributed by atoms with Gasteiger partial charge in [0.25, 0.3) is 0 Å². The Kier molecular flexibility index (Phi) is 3.85. The molecule has 0 fully saturated rings. The van der Waals surface area contributed by atoms with Crippen molar-refractivity contribution in [2.45, 2.75) is 26.3 Å². The van der Waals surface area contributed by atoms with Crippen LogP contribution in [0.25, 0.3) is 10.1 Å². The van der Waals surface area contributed by atoms with Gasteiger partial charge in [-0.25, -0.2) is 0 Å². The lowest BCUT2D eigenvalue weighted by atomic mass is 10.1. The SMILES string of the molecule is CC(C)NCCc1csc2c(Cl)cccc12. The van der Waals surface area contributed by atoms with Crippen molar-refractivity contribution in [3.05, 3.63) is 34.2 Å². The molecule has 1 aromatic carbocycles. The monoisotopic (exact) mass is 253 g/mol. The first-order valence-corrected chi connectivity index (χ1v) is 6.82. The lowest BCUT2D eigenvalue weighted by molar-refractivity contribution is 0.591. The maximum atomic E-state index is 6.15. The summed E-state index contributed by atoms with van der Waals surface area (Å²) in [4.78, 5) is 0. The molecule has 16 heavy (non-hydrogen) atoms. The van der Waals surface area contributed by atoms with Crippen LogP contribution in [0.5, 0.6) is 0 Å². The van der Waals surface area contributed by atoms with E-state index < -0.39 is 0 Å². The molecular weight excluding hydrogens is 238 g/mol. The molecule has 0 spiro atoms. The molecule has 3 heteroatoms. The molecule has 0 bridgehead atoms. The molecule has 0 saturated carbocycles. The number of rotatable bonds is 4. The lowest BCUT2D eigenvalue weighted by Crippen LogP contribution is -2.24. The van der Waals surface area contributed by atoms with Crippen molar-refractivity contribution in [3.8, 4) is 0 Å². The minimum atomic E-state index is 0.550. The van der Waals surface area contributed by atoms with Crippen LogP contribution in [0.15, 0.2) is 23.6 Å². The largest absolute Gasteiger partial charge is 0.314 e. The van der Waals surface area contributed by atoms with Crippen LogP contribution < -0.4 is 5.32 Å². The Morgan fingerprint density at radius 2 is 2.19 bits per heavy atom. The van der Waals surface area contributed by atoms with Gasteiger partial charge in [-0.15, -0.1) is 11.3 Å². The number of hydrogen-bond acceptors (Lipinski definition) is 2. The maximum Gasteiger partial charge on any atom is 0.0584 e. The van der Waals surface area contributed by atoms with Gasteiger partial charge in [0.2, 0.25) is 0 Å². The van der Waals surface area contributed by atoms with Gasteiger partial charge >= 0.3 is 0 Å². The molecule has 1 nitrogen and oxygen atoms in total. The Morgan fingerprint density at radius 1 is 1.38 bits per heavy atom. The number of fused-ring (bicyclic) bond motifs is 1. The highest BCUT2D eigenvalue weighted by Gasteiger charge is 2.06. The zero-order valence-corrected chi connectivity index (χ0v) is 11.2. The number of halogens is 1. The van der Waals surface area contributed by atoms with Crippen LogP contribution in [0.4, 0.5) is 0 Å². The highest BCUT2D eigenvalue weighted by atomic mass is 35.5. The molecule has 0 amide bonds. The summed E-state index contributed by atoms with van der Waals surface area (Å²) >= 11 is 7.89. The van der Waals surface area contributed by atoms with Gasteiger partial charge in [-0.1, -0.05) is 37.6 Å². The third-order valence-corrected chi connectivity index (χ3v) is 4.08. The Hall–Kier alpha value is -0.570. The highest BCUT2D eigenvalue weighted by Crippen LogP contribution is 2.31. The first-order chi connectivity index (χ1) is 7.68. The second-order valence-electron chi connectivity index (χ2n) is 4.24. The van der Waals surface area contributed by atoms with Crippen LogP contribution in [0, 0.1) is 0 Å². The van der Waals surface area contributed by atoms with Gasteiger partial charge in [0.15, 0.2) is 0 Å². The van der Waals surface area contributed by atoms with Gasteiger partial charge in [0.05, 0.1) is 9.72 Å². The fraction of sp³-hybridized carbons (Fsp3) is 0.385. The van der Waals surface area contributed by atoms with Crippen molar-refractivity contribution in [1.82, 2.24) is 5.32 Å². The molecule has 0 aliphatic carbocycles. The van der Waals surface area contributed by atoms with E-state index in [9.17, 15) is 0 Å². The molecule has 0 radical (unpaired) electrons. The summed E-state index contributed by atoms with van der Waals surface area (Å²) in [7, 11) is 0. The van der Waals surface area contributed by atoms with Gasteiger partial charge in [-0.2, -0.15) is 0 Å². The summed E-state index contributed by atoms with van der Waals surface area (Å²) in [5, 5.41) is 7.83. The lowest BCUT2D eigenvalue weighted by Gasteiger charge is -2.07. The van der Waals surface area contributed by atoms with E-state index in [0.29, 0.717) is 6.04 Å². The highest BCUT2D eigenvalue weighted by molar-refractivity contribution is 7.18.